The summed E-state index contributed by atoms with van der Waals surface area (Å²) in [4.78, 5) is 21.4. The fourth-order valence-electron chi connectivity index (χ4n) is 3.81. The molecule has 2 aromatic carbocycles. The lowest BCUT2D eigenvalue weighted by atomic mass is 10.1. The third-order valence-corrected chi connectivity index (χ3v) is 5.41. The summed E-state index contributed by atoms with van der Waals surface area (Å²) in [6, 6.07) is 16.9. The fraction of sp³-hybridized carbons (Fsp3) is 0.160. The second-order valence-electron chi connectivity index (χ2n) is 7.73. The molecule has 7 heteroatoms. The molecule has 2 N–H and O–H groups in total. The molecule has 0 saturated heterocycles. The van der Waals surface area contributed by atoms with Crippen LogP contribution in [0.4, 0.5) is 10.5 Å². The summed E-state index contributed by atoms with van der Waals surface area (Å²) in [7, 11) is 0. The van der Waals surface area contributed by atoms with Crippen LogP contribution >= 0.6 is 0 Å². The number of rotatable bonds is 4. The third kappa shape index (κ3) is 4.24. The fourth-order valence-corrected chi connectivity index (χ4v) is 3.81. The second kappa shape index (κ2) is 8.64. The number of hydrogen-bond donors (Lipinski definition) is 2. The Morgan fingerprint density at radius 3 is 2.91 bits per heavy atom. The van der Waals surface area contributed by atoms with E-state index in [4.69, 9.17) is 4.74 Å². The van der Waals surface area contributed by atoms with Crippen molar-refractivity contribution in [2.45, 2.75) is 13.3 Å². The summed E-state index contributed by atoms with van der Waals surface area (Å²) in [5.41, 5.74) is 4.73. The van der Waals surface area contributed by atoms with Crippen molar-refractivity contribution in [2.24, 2.45) is 0 Å². The quantitative estimate of drug-likeness (QED) is 0.481. The van der Waals surface area contributed by atoms with Gasteiger partial charge in [-0.25, -0.2) is 14.8 Å². The van der Waals surface area contributed by atoms with E-state index in [2.05, 4.69) is 26.7 Å². The molecule has 0 bridgehead atoms. The minimum atomic E-state index is -0.213. The topological polar surface area (TPSA) is 81.1 Å². The molecule has 5 rings (SSSR count). The molecule has 3 heterocycles. The number of nitrogens with one attached hydrogen (secondary N) is 2. The number of aryl methyl sites for hydroxylation is 1. The number of amides is 1. The smallest absolute Gasteiger partial charge is 0.330 e. The van der Waals surface area contributed by atoms with Crippen LogP contribution < -0.4 is 15.4 Å². The van der Waals surface area contributed by atoms with E-state index in [1.54, 1.807) is 10.8 Å². The SMILES string of the molecule is Cc1cccc(NC(=O)n2ccc3cc(Oc4cc(C5=CCNCC5)ncn4)ccc32)c1. The third-order valence-electron chi connectivity index (χ3n) is 5.41. The van der Waals surface area contributed by atoms with Crippen LogP contribution in [0.25, 0.3) is 16.5 Å². The van der Waals surface area contributed by atoms with Crippen molar-refractivity contribution in [1.29, 1.82) is 0 Å². The van der Waals surface area contributed by atoms with Crippen LogP contribution in [-0.4, -0.2) is 33.7 Å². The van der Waals surface area contributed by atoms with Gasteiger partial charge in [-0.3, -0.25) is 4.57 Å². The predicted octanol–water partition coefficient (Wildman–Crippen LogP) is 4.99. The van der Waals surface area contributed by atoms with Crippen molar-refractivity contribution in [3.8, 4) is 11.6 Å². The Bertz CT molecular complexity index is 1320. The summed E-state index contributed by atoms with van der Waals surface area (Å²) in [6.07, 6.45) is 6.36. The zero-order valence-electron chi connectivity index (χ0n) is 17.7. The number of ether oxygens (including phenoxy) is 1. The van der Waals surface area contributed by atoms with Gasteiger partial charge in [0.25, 0.3) is 0 Å². The summed E-state index contributed by atoms with van der Waals surface area (Å²) in [5, 5.41) is 7.14. The van der Waals surface area contributed by atoms with E-state index in [9.17, 15) is 4.79 Å². The minimum absolute atomic E-state index is 0.213. The molecule has 32 heavy (non-hydrogen) atoms. The Morgan fingerprint density at radius 2 is 2.06 bits per heavy atom. The monoisotopic (exact) mass is 425 g/mol. The summed E-state index contributed by atoms with van der Waals surface area (Å²) in [6.45, 7) is 3.78. The van der Waals surface area contributed by atoms with Crippen molar-refractivity contribution >= 4 is 28.2 Å². The number of carbonyl (C=O) groups excluding carboxylic acids is 1. The lowest BCUT2D eigenvalue weighted by Gasteiger charge is -2.14. The Kier molecular flexibility index (Phi) is 5.39. The van der Waals surface area contributed by atoms with Gasteiger partial charge in [-0.1, -0.05) is 18.2 Å². The van der Waals surface area contributed by atoms with Crippen LogP contribution in [0.15, 0.2) is 73.2 Å². The molecule has 1 aliphatic rings. The Balaban J connectivity index is 1.35. The summed E-state index contributed by atoms with van der Waals surface area (Å²) < 4.78 is 7.58. The molecule has 0 spiro atoms. The molecule has 1 amide bonds. The molecule has 0 aliphatic carbocycles. The van der Waals surface area contributed by atoms with Gasteiger partial charge in [-0.15, -0.1) is 0 Å². The molecule has 0 unspecified atom stereocenters. The molecule has 0 radical (unpaired) electrons. The highest BCUT2D eigenvalue weighted by molar-refractivity contribution is 5.98. The zero-order chi connectivity index (χ0) is 21.9. The van der Waals surface area contributed by atoms with Gasteiger partial charge in [-0.2, -0.15) is 0 Å². The maximum Gasteiger partial charge on any atom is 0.330 e. The van der Waals surface area contributed by atoms with Gasteiger partial charge < -0.3 is 15.4 Å². The predicted molar refractivity (Wildman–Crippen MR) is 125 cm³/mol. The van der Waals surface area contributed by atoms with Crippen molar-refractivity contribution in [1.82, 2.24) is 19.9 Å². The number of hydrogen-bond acceptors (Lipinski definition) is 5. The zero-order valence-corrected chi connectivity index (χ0v) is 17.7. The molecule has 0 fully saturated rings. The van der Waals surface area contributed by atoms with Crippen LogP contribution in [0.2, 0.25) is 0 Å². The number of fused-ring (bicyclic) bond motifs is 1. The normalized spacial score (nSPS) is 13.6. The molecular formula is C25H23N5O2. The van der Waals surface area contributed by atoms with Crippen LogP contribution in [0, 0.1) is 6.92 Å². The van der Waals surface area contributed by atoms with Gasteiger partial charge in [0.1, 0.15) is 12.1 Å². The van der Waals surface area contributed by atoms with E-state index in [1.165, 1.54) is 11.9 Å². The van der Waals surface area contributed by atoms with E-state index < -0.39 is 0 Å². The molecule has 0 saturated carbocycles. The molecular weight excluding hydrogens is 402 g/mol. The van der Waals surface area contributed by atoms with E-state index in [0.29, 0.717) is 11.6 Å². The van der Waals surface area contributed by atoms with Gasteiger partial charge in [0.2, 0.25) is 5.88 Å². The summed E-state index contributed by atoms with van der Waals surface area (Å²) in [5.74, 6) is 1.14. The molecule has 1 aliphatic heterocycles. The first-order chi connectivity index (χ1) is 15.7. The average molecular weight is 425 g/mol. The van der Waals surface area contributed by atoms with Gasteiger partial charge >= 0.3 is 6.03 Å². The highest BCUT2D eigenvalue weighted by Crippen LogP contribution is 2.27. The molecule has 2 aromatic heterocycles. The van der Waals surface area contributed by atoms with E-state index in [1.807, 2.05) is 61.5 Å². The number of carbonyl (C=O) groups is 1. The molecule has 7 nitrogen and oxygen atoms in total. The Labute approximate surface area is 185 Å². The van der Waals surface area contributed by atoms with Crippen molar-refractivity contribution in [3.63, 3.8) is 0 Å². The Hall–Kier alpha value is -3.97. The minimum Gasteiger partial charge on any atom is -0.439 e. The number of aromatic nitrogens is 3. The largest absolute Gasteiger partial charge is 0.439 e. The lowest BCUT2D eigenvalue weighted by molar-refractivity contribution is 0.254. The molecule has 160 valence electrons. The maximum absolute atomic E-state index is 12.8. The number of nitrogens with zero attached hydrogens (tertiary/aromatic N) is 3. The van der Waals surface area contributed by atoms with Crippen LogP contribution in [0.5, 0.6) is 11.6 Å². The van der Waals surface area contributed by atoms with Gasteiger partial charge in [0, 0.05) is 29.9 Å². The highest BCUT2D eigenvalue weighted by atomic mass is 16.5. The van der Waals surface area contributed by atoms with Gasteiger partial charge in [-0.05, 0) is 67.4 Å². The Morgan fingerprint density at radius 1 is 1.12 bits per heavy atom. The second-order valence-corrected chi connectivity index (χ2v) is 7.73. The van der Waals surface area contributed by atoms with E-state index in [0.717, 1.165) is 47.4 Å². The van der Waals surface area contributed by atoms with Gasteiger partial charge in [0.15, 0.2) is 0 Å². The lowest BCUT2D eigenvalue weighted by Crippen LogP contribution is -2.20. The van der Waals surface area contributed by atoms with E-state index in [-0.39, 0.29) is 6.03 Å². The number of benzene rings is 2. The highest BCUT2D eigenvalue weighted by Gasteiger charge is 2.12. The van der Waals surface area contributed by atoms with Crippen LogP contribution in [0.1, 0.15) is 17.7 Å². The van der Waals surface area contributed by atoms with Crippen molar-refractivity contribution in [2.75, 3.05) is 18.4 Å². The standard InChI is InChI=1S/C25H23N5O2/c1-17-3-2-4-20(13-17)29-25(31)30-12-9-19-14-21(5-6-23(19)30)32-24-15-22(27-16-28-24)18-7-10-26-11-8-18/h2-7,9,12-16,26H,8,10-11H2,1H3,(H,29,31). The first-order valence-corrected chi connectivity index (χ1v) is 10.5. The summed E-state index contributed by atoms with van der Waals surface area (Å²) >= 11 is 0. The first-order valence-electron chi connectivity index (χ1n) is 10.5. The maximum atomic E-state index is 12.8. The first kappa shape index (κ1) is 20.0. The number of anilines is 1. The molecule has 0 atom stereocenters. The van der Waals surface area contributed by atoms with Crippen molar-refractivity contribution in [3.05, 3.63) is 84.5 Å². The van der Waals surface area contributed by atoms with Gasteiger partial charge in [0.05, 0.1) is 11.2 Å². The van der Waals surface area contributed by atoms with Crippen LogP contribution in [0.3, 0.4) is 0 Å². The average Bonchev–Trinajstić information content (AvgIpc) is 3.23. The van der Waals surface area contributed by atoms with E-state index >= 15 is 0 Å². The molecule has 4 aromatic rings. The van der Waals surface area contributed by atoms with Crippen LogP contribution in [-0.2, 0) is 0 Å². The van der Waals surface area contributed by atoms with Crippen molar-refractivity contribution < 1.29 is 9.53 Å².